The monoisotopic (exact) mass is 313 g/mol. The predicted molar refractivity (Wildman–Crippen MR) is 76.6 cm³/mol. The van der Waals surface area contributed by atoms with Crippen LogP contribution in [-0.2, 0) is 14.9 Å². The van der Waals surface area contributed by atoms with Gasteiger partial charge in [-0.2, -0.15) is 17.0 Å². The molecule has 2 heterocycles. The molecule has 114 valence electrons. The Morgan fingerprint density at radius 1 is 1.16 bits per heavy atom. The minimum atomic E-state index is -3.33. The molecule has 19 heavy (non-hydrogen) atoms. The van der Waals surface area contributed by atoms with Crippen molar-refractivity contribution in [2.75, 3.05) is 39.4 Å². The molecule has 0 aromatic heterocycles. The summed E-state index contributed by atoms with van der Waals surface area (Å²) in [6, 6.07) is 0.0802. The van der Waals surface area contributed by atoms with Gasteiger partial charge in [0.05, 0.1) is 13.2 Å². The van der Waals surface area contributed by atoms with E-state index in [0.29, 0.717) is 39.4 Å². The van der Waals surface area contributed by atoms with Crippen molar-refractivity contribution in [3.05, 3.63) is 0 Å². The van der Waals surface area contributed by atoms with Gasteiger partial charge in [-0.25, -0.2) is 0 Å². The van der Waals surface area contributed by atoms with Crippen LogP contribution >= 0.6 is 12.4 Å². The van der Waals surface area contributed by atoms with Crippen LogP contribution in [0.1, 0.15) is 25.7 Å². The largest absolute Gasteiger partial charge is 0.379 e. The van der Waals surface area contributed by atoms with E-state index in [1.54, 1.807) is 8.61 Å². The Labute approximate surface area is 121 Å². The van der Waals surface area contributed by atoms with Gasteiger partial charge in [-0.05, 0) is 25.8 Å². The van der Waals surface area contributed by atoms with Crippen molar-refractivity contribution in [2.45, 2.75) is 31.7 Å². The van der Waals surface area contributed by atoms with Crippen molar-refractivity contribution in [3.63, 3.8) is 0 Å². The van der Waals surface area contributed by atoms with E-state index in [1.165, 1.54) is 0 Å². The highest BCUT2D eigenvalue weighted by Crippen LogP contribution is 2.24. The van der Waals surface area contributed by atoms with Gasteiger partial charge < -0.3 is 10.5 Å². The highest BCUT2D eigenvalue weighted by molar-refractivity contribution is 7.86. The fraction of sp³-hybridized carbons (Fsp3) is 1.00. The number of morpholine rings is 1. The summed E-state index contributed by atoms with van der Waals surface area (Å²) in [4.78, 5) is 0. The van der Waals surface area contributed by atoms with Crippen LogP contribution in [0.25, 0.3) is 0 Å². The van der Waals surface area contributed by atoms with Crippen LogP contribution in [0, 0.1) is 0 Å². The van der Waals surface area contributed by atoms with Gasteiger partial charge in [-0.15, -0.1) is 12.4 Å². The molecule has 0 bridgehead atoms. The van der Waals surface area contributed by atoms with Gasteiger partial charge in [0.15, 0.2) is 0 Å². The third kappa shape index (κ3) is 4.03. The lowest BCUT2D eigenvalue weighted by atomic mass is 10.0. The second kappa shape index (κ2) is 7.75. The summed E-state index contributed by atoms with van der Waals surface area (Å²) < 4.78 is 33.6. The van der Waals surface area contributed by atoms with E-state index in [-0.39, 0.29) is 18.4 Å². The Morgan fingerprint density at radius 2 is 1.84 bits per heavy atom. The average Bonchev–Trinajstić information content (AvgIpc) is 2.41. The molecule has 0 aromatic carbocycles. The van der Waals surface area contributed by atoms with Crippen LogP contribution in [0.4, 0.5) is 0 Å². The van der Waals surface area contributed by atoms with Gasteiger partial charge in [-0.1, -0.05) is 6.42 Å². The van der Waals surface area contributed by atoms with Crippen molar-refractivity contribution in [3.8, 4) is 0 Å². The normalized spacial score (nSPS) is 26.9. The van der Waals surface area contributed by atoms with Gasteiger partial charge in [0.2, 0.25) is 0 Å². The Balaban J connectivity index is 0.00000180. The summed E-state index contributed by atoms with van der Waals surface area (Å²) in [5, 5.41) is 0. The van der Waals surface area contributed by atoms with Crippen molar-refractivity contribution in [1.82, 2.24) is 8.61 Å². The SMILES string of the molecule is Cl.NCCC1CCCCN1S(=O)(=O)N1CCOCC1. The zero-order chi connectivity index (χ0) is 13.0. The van der Waals surface area contributed by atoms with Crippen LogP contribution in [0.5, 0.6) is 0 Å². The number of rotatable bonds is 4. The van der Waals surface area contributed by atoms with E-state index >= 15 is 0 Å². The Kier molecular flexibility index (Phi) is 6.99. The van der Waals surface area contributed by atoms with E-state index in [2.05, 4.69) is 0 Å². The van der Waals surface area contributed by atoms with Gasteiger partial charge in [0.1, 0.15) is 0 Å². The first kappa shape index (κ1) is 17.1. The molecule has 0 saturated carbocycles. The van der Waals surface area contributed by atoms with Crippen molar-refractivity contribution < 1.29 is 13.2 Å². The van der Waals surface area contributed by atoms with Gasteiger partial charge >= 0.3 is 0 Å². The molecule has 2 fully saturated rings. The molecule has 2 rings (SSSR count). The van der Waals surface area contributed by atoms with Crippen molar-refractivity contribution >= 4 is 22.6 Å². The Hall–Kier alpha value is 0.0800. The van der Waals surface area contributed by atoms with Crippen LogP contribution in [0.15, 0.2) is 0 Å². The highest BCUT2D eigenvalue weighted by Gasteiger charge is 2.36. The number of hydrogen-bond acceptors (Lipinski definition) is 4. The molecule has 0 aromatic rings. The Morgan fingerprint density at radius 3 is 2.47 bits per heavy atom. The molecule has 0 radical (unpaired) electrons. The minimum absolute atomic E-state index is 0. The average molecular weight is 314 g/mol. The summed E-state index contributed by atoms with van der Waals surface area (Å²) in [6.07, 6.45) is 3.73. The van der Waals surface area contributed by atoms with E-state index in [1.807, 2.05) is 0 Å². The van der Waals surface area contributed by atoms with Gasteiger partial charge in [0, 0.05) is 25.7 Å². The molecule has 0 aliphatic carbocycles. The van der Waals surface area contributed by atoms with Crippen LogP contribution < -0.4 is 5.73 Å². The second-order valence-corrected chi connectivity index (χ2v) is 6.74. The number of nitrogens with zero attached hydrogens (tertiary/aromatic N) is 2. The molecule has 1 unspecified atom stereocenters. The van der Waals surface area contributed by atoms with Gasteiger partial charge in [-0.3, -0.25) is 0 Å². The lowest BCUT2D eigenvalue weighted by molar-refractivity contribution is 0.0681. The van der Waals surface area contributed by atoms with E-state index in [0.717, 1.165) is 25.7 Å². The van der Waals surface area contributed by atoms with Crippen LogP contribution in [0.2, 0.25) is 0 Å². The molecule has 2 aliphatic heterocycles. The third-order valence-electron chi connectivity index (χ3n) is 3.67. The fourth-order valence-corrected chi connectivity index (χ4v) is 4.54. The summed E-state index contributed by atoms with van der Waals surface area (Å²) in [5.74, 6) is 0. The first-order valence-corrected chi connectivity index (χ1v) is 8.10. The zero-order valence-corrected chi connectivity index (χ0v) is 12.8. The van der Waals surface area contributed by atoms with E-state index in [9.17, 15) is 8.42 Å². The quantitative estimate of drug-likeness (QED) is 0.804. The summed E-state index contributed by atoms with van der Waals surface area (Å²) in [7, 11) is -3.33. The smallest absolute Gasteiger partial charge is 0.282 e. The second-order valence-electron chi connectivity index (χ2n) is 4.86. The van der Waals surface area contributed by atoms with E-state index < -0.39 is 10.2 Å². The van der Waals surface area contributed by atoms with Crippen LogP contribution in [-0.4, -0.2) is 62.5 Å². The molecule has 6 nitrogen and oxygen atoms in total. The molecular formula is C11H24ClN3O3S. The summed E-state index contributed by atoms with van der Waals surface area (Å²) in [6.45, 7) is 3.09. The molecule has 8 heteroatoms. The molecule has 2 saturated heterocycles. The maximum Gasteiger partial charge on any atom is 0.282 e. The predicted octanol–water partition coefficient (Wildman–Crippen LogP) is 0.189. The summed E-state index contributed by atoms with van der Waals surface area (Å²) >= 11 is 0. The lowest BCUT2D eigenvalue weighted by Gasteiger charge is -2.38. The topological polar surface area (TPSA) is 75.9 Å². The Bertz CT molecular complexity index is 358. The first-order valence-electron chi connectivity index (χ1n) is 6.71. The number of nitrogens with two attached hydrogens (primary N) is 1. The maximum atomic E-state index is 12.6. The molecule has 2 N–H and O–H groups in total. The number of piperidine rings is 1. The fourth-order valence-electron chi connectivity index (χ4n) is 2.68. The highest BCUT2D eigenvalue weighted by atomic mass is 35.5. The van der Waals surface area contributed by atoms with Crippen molar-refractivity contribution in [2.24, 2.45) is 5.73 Å². The zero-order valence-electron chi connectivity index (χ0n) is 11.2. The molecular weight excluding hydrogens is 290 g/mol. The summed E-state index contributed by atoms with van der Waals surface area (Å²) in [5.41, 5.74) is 5.59. The number of ether oxygens (including phenoxy) is 1. The first-order chi connectivity index (χ1) is 8.66. The molecule has 0 spiro atoms. The third-order valence-corrected chi connectivity index (χ3v) is 5.76. The standard InChI is InChI=1S/C11H23N3O3S.ClH/c12-5-4-11-3-1-2-6-14(11)18(15,16)13-7-9-17-10-8-13;/h11H,1-10,12H2;1H. The molecule has 0 amide bonds. The lowest BCUT2D eigenvalue weighted by Crippen LogP contribution is -2.53. The maximum absolute atomic E-state index is 12.6. The number of halogens is 1. The van der Waals surface area contributed by atoms with Gasteiger partial charge in [0.25, 0.3) is 10.2 Å². The minimum Gasteiger partial charge on any atom is -0.379 e. The number of hydrogen-bond donors (Lipinski definition) is 1. The van der Waals surface area contributed by atoms with E-state index in [4.69, 9.17) is 10.5 Å². The molecule has 2 aliphatic rings. The van der Waals surface area contributed by atoms with Crippen LogP contribution in [0.3, 0.4) is 0 Å². The molecule has 1 atom stereocenters. The van der Waals surface area contributed by atoms with Crippen molar-refractivity contribution in [1.29, 1.82) is 0 Å².